The molecule has 2 nitrogen and oxygen atoms in total. The molecule has 0 aromatic heterocycles. The zero-order valence-corrected chi connectivity index (χ0v) is 11.2. The molecule has 1 aromatic rings. The fourth-order valence-corrected chi connectivity index (χ4v) is 2.74. The van der Waals surface area contributed by atoms with Gasteiger partial charge in [0.25, 0.3) is 0 Å². The lowest BCUT2D eigenvalue weighted by molar-refractivity contribution is 0.687. The molecule has 0 spiro atoms. The van der Waals surface area contributed by atoms with Gasteiger partial charge in [0.15, 0.2) is 0 Å². The number of hydrogen-bond donors (Lipinski definition) is 1. The molecule has 0 bridgehead atoms. The molecule has 1 saturated carbocycles. The molecule has 1 N–H and O–H groups in total. The summed E-state index contributed by atoms with van der Waals surface area (Å²) in [5.74, 6) is 0. The van der Waals surface area contributed by atoms with Gasteiger partial charge in [-0.25, -0.2) is 0 Å². The van der Waals surface area contributed by atoms with Gasteiger partial charge in [0.05, 0.1) is 0 Å². The van der Waals surface area contributed by atoms with Crippen LogP contribution in [0.1, 0.15) is 44.1 Å². The summed E-state index contributed by atoms with van der Waals surface area (Å²) in [5, 5.41) is 3.60. The maximum absolute atomic E-state index is 3.60. The molecule has 2 aliphatic rings. The van der Waals surface area contributed by atoms with Crippen molar-refractivity contribution in [1.29, 1.82) is 0 Å². The Hall–Kier alpha value is -1.02. The SMILES string of the molecule is c1cc(CNC2CC2)cc(N2CCCCCC2)c1. The van der Waals surface area contributed by atoms with E-state index >= 15 is 0 Å². The van der Waals surface area contributed by atoms with Gasteiger partial charge >= 0.3 is 0 Å². The van der Waals surface area contributed by atoms with E-state index in [0.717, 1.165) is 12.6 Å². The third-order valence-corrected chi connectivity index (χ3v) is 4.05. The second-order valence-corrected chi connectivity index (χ2v) is 5.73. The van der Waals surface area contributed by atoms with E-state index in [1.165, 1.54) is 62.9 Å². The first-order chi connectivity index (χ1) is 8.92. The lowest BCUT2D eigenvalue weighted by Gasteiger charge is -2.23. The van der Waals surface area contributed by atoms with Crippen LogP contribution in [0, 0.1) is 0 Å². The highest BCUT2D eigenvalue weighted by atomic mass is 15.1. The standard InChI is InChI=1S/C16H24N2/c1-2-4-11-18(10-3-1)16-7-5-6-14(12-16)13-17-15-8-9-15/h5-7,12,15,17H,1-4,8-11,13H2. The van der Waals surface area contributed by atoms with Crippen molar-refractivity contribution in [3.63, 3.8) is 0 Å². The molecule has 1 aromatic carbocycles. The van der Waals surface area contributed by atoms with E-state index in [2.05, 4.69) is 34.5 Å². The third-order valence-electron chi connectivity index (χ3n) is 4.05. The van der Waals surface area contributed by atoms with Crippen molar-refractivity contribution in [2.75, 3.05) is 18.0 Å². The average Bonchev–Trinajstić information content (AvgIpc) is 3.24. The Morgan fingerprint density at radius 2 is 1.83 bits per heavy atom. The van der Waals surface area contributed by atoms with E-state index in [9.17, 15) is 0 Å². The van der Waals surface area contributed by atoms with Crippen molar-refractivity contribution >= 4 is 5.69 Å². The molecule has 3 rings (SSSR count). The number of nitrogens with zero attached hydrogens (tertiary/aromatic N) is 1. The molecule has 0 atom stereocenters. The van der Waals surface area contributed by atoms with Crippen LogP contribution in [0.5, 0.6) is 0 Å². The summed E-state index contributed by atoms with van der Waals surface area (Å²) in [4.78, 5) is 2.56. The lowest BCUT2D eigenvalue weighted by Crippen LogP contribution is -2.24. The summed E-state index contributed by atoms with van der Waals surface area (Å²) in [5.41, 5.74) is 2.86. The van der Waals surface area contributed by atoms with Gasteiger partial charge in [-0.05, 0) is 43.4 Å². The normalized spacial score (nSPS) is 20.8. The second-order valence-electron chi connectivity index (χ2n) is 5.73. The zero-order chi connectivity index (χ0) is 12.2. The van der Waals surface area contributed by atoms with Gasteiger partial charge in [-0.15, -0.1) is 0 Å². The van der Waals surface area contributed by atoms with Crippen molar-refractivity contribution in [2.24, 2.45) is 0 Å². The second kappa shape index (κ2) is 5.75. The van der Waals surface area contributed by atoms with Crippen LogP contribution in [0.3, 0.4) is 0 Å². The summed E-state index contributed by atoms with van der Waals surface area (Å²) >= 11 is 0. The number of nitrogens with one attached hydrogen (secondary N) is 1. The van der Waals surface area contributed by atoms with Gasteiger partial charge in [-0.3, -0.25) is 0 Å². The van der Waals surface area contributed by atoms with E-state index < -0.39 is 0 Å². The fourth-order valence-electron chi connectivity index (χ4n) is 2.74. The molecule has 1 aliphatic heterocycles. The van der Waals surface area contributed by atoms with Crippen LogP contribution in [0.25, 0.3) is 0 Å². The Kier molecular flexibility index (Phi) is 3.84. The van der Waals surface area contributed by atoms with E-state index in [0.29, 0.717) is 0 Å². The predicted octanol–water partition coefficient (Wildman–Crippen LogP) is 3.32. The van der Waals surface area contributed by atoms with Crippen LogP contribution in [0.4, 0.5) is 5.69 Å². The van der Waals surface area contributed by atoms with E-state index in [4.69, 9.17) is 0 Å². The topological polar surface area (TPSA) is 15.3 Å². The van der Waals surface area contributed by atoms with Crippen LogP contribution in [-0.4, -0.2) is 19.1 Å². The van der Waals surface area contributed by atoms with Crippen molar-refractivity contribution in [2.45, 2.75) is 51.1 Å². The van der Waals surface area contributed by atoms with Crippen molar-refractivity contribution in [3.8, 4) is 0 Å². The van der Waals surface area contributed by atoms with Gasteiger partial charge in [0.2, 0.25) is 0 Å². The van der Waals surface area contributed by atoms with Crippen molar-refractivity contribution < 1.29 is 0 Å². The van der Waals surface area contributed by atoms with Gasteiger partial charge in [-0.1, -0.05) is 25.0 Å². The summed E-state index contributed by atoms with van der Waals surface area (Å²) in [6, 6.07) is 9.90. The number of anilines is 1. The smallest absolute Gasteiger partial charge is 0.0369 e. The van der Waals surface area contributed by atoms with Gasteiger partial charge in [0, 0.05) is 31.4 Å². The molecule has 18 heavy (non-hydrogen) atoms. The number of rotatable bonds is 4. The minimum absolute atomic E-state index is 0.798. The molecule has 98 valence electrons. The minimum atomic E-state index is 0.798. The van der Waals surface area contributed by atoms with E-state index in [1.54, 1.807) is 0 Å². The first kappa shape index (κ1) is 12.0. The molecule has 0 amide bonds. The van der Waals surface area contributed by atoms with Gasteiger partial charge < -0.3 is 10.2 Å². The maximum Gasteiger partial charge on any atom is 0.0369 e. The highest BCUT2D eigenvalue weighted by Gasteiger charge is 2.20. The quantitative estimate of drug-likeness (QED) is 0.874. The summed E-state index contributed by atoms with van der Waals surface area (Å²) in [6.07, 6.45) is 8.24. The van der Waals surface area contributed by atoms with Gasteiger partial charge in [0.1, 0.15) is 0 Å². The van der Waals surface area contributed by atoms with E-state index in [-0.39, 0.29) is 0 Å². The molecule has 2 fully saturated rings. The molecule has 2 heteroatoms. The monoisotopic (exact) mass is 244 g/mol. The number of hydrogen-bond acceptors (Lipinski definition) is 2. The Morgan fingerprint density at radius 1 is 1.06 bits per heavy atom. The van der Waals surface area contributed by atoms with Crippen LogP contribution >= 0.6 is 0 Å². The van der Waals surface area contributed by atoms with Crippen LogP contribution in [0.2, 0.25) is 0 Å². The Labute approximate surface area is 110 Å². The summed E-state index contributed by atoms with van der Waals surface area (Å²) in [6.45, 7) is 3.51. The summed E-state index contributed by atoms with van der Waals surface area (Å²) < 4.78 is 0. The highest BCUT2D eigenvalue weighted by Crippen LogP contribution is 2.22. The Bertz CT molecular complexity index is 376. The molecular formula is C16H24N2. The average molecular weight is 244 g/mol. The number of benzene rings is 1. The van der Waals surface area contributed by atoms with Crippen molar-refractivity contribution in [3.05, 3.63) is 29.8 Å². The lowest BCUT2D eigenvalue weighted by atomic mass is 10.1. The Morgan fingerprint density at radius 3 is 2.56 bits per heavy atom. The molecular weight excluding hydrogens is 220 g/mol. The molecule has 1 aliphatic carbocycles. The minimum Gasteiger partial charge on any atom is -0.372 e. The van der Waals surface area contributed by atoms with Crippen LogP contribution in [-0.2, 0) is 6.54 Å². The molecule has 0 unspecified atom stereocenters. The van der Waals surface area contributed by atoms with E-state index in [1.807, 2.05) is 0 Å². The molecule has 1 saturated heterocycles. The van der Waals surface area contributed by atoms with Gasteiger partial charge in [-0.2, -0.15) is 0 Å². The fraction of sp³-hybridized carbons (Fsp3) is 0.625. The first-order valence-corrected chi connectivity index (χ1v) is 7.49. The summed E-state index contributed by atoms with van der Waals surface area (Å²) in [7, 11) is 0. The zero-order valence-electron chi connectivity index (χ0n) is 11.2. The highest BCUT2D eigenvalue weighted by molar-refractivity contribution is 5.48. The first-order valence-electron chi connectivity index (χ1n) is 7.49. The van der Waals surface area contributed by atoms with Crippen LogP contribution in [0.15, 0.2) is 24.3 Å². The van der Waals surface area contributed by atoms with Crippen molar-refractivity contribution in [1.82, 2.24) is 5.32 Å². The Balaban J connectivity index is 1.64. The molecule has 1 heterocycles. The predicted molar refractivity (Wildman–Crippen MR) is 77.0 cm³/mol. The van der Waals surface area contributed by atoms with Crippen LogP contribution < -0.4 is 10.2 Å². The maximum atomic E-state index is 3.60. The third kappa shape index (κ3) is 3.26. The largest absolute Gasteiger partial charge is 0.372 e. The molecule has 0 radical (unpaired) electrons.